The Morgan fingerprint density at radius 1 is 1.47 bits per heavy atom. The van der Waals surface area contributed by atoms with Crippen LogP contribution in [0.3, 0.4) is 0 Å². The maximum absolute atomic E-state index is 5.78. The van der Waals surface area contributed by atoms with Crippen LogP contribution in [0.25, 0.3) is 0 Å². The zero-order valence-electron chi connectivity index (χ0n) is 9.49. The van der Waals surface area contributed by atoms with Crippen LogP contribution in [0.1, 0.15) is 19.4 Å². The van der Waals surface area contributed by atoms with Crippen molar-refractivity contribution >= 4 is 0 Å². The van der Waals surface area contributed by atoms with Crippen molar-refractivity contribution in [3.63, 3.8) is 0 Å². The molecule has 2 N–H and O–H groups in total. The molecule has 0 radical (unpaired) electrons. The van der Waals surface area contributed by atoms with Crippen LogP contribution in [-0.2, 0) is 6.42 Å². The van der Waals surface area contributed by atoms with Crippen molar-refractivity contribution in [2.24, 2.45) is 5.73 Å². The van der Waals surface area contributed by atoms with Crippen molar-refractivity contribution in [2.75, 3.05) is 6.61 Å². The quantitative estimate of drug-likeness (QED) is 0.750. The third kappa shape index (κ3) is 4.17. The van der Waals surface area contributed by atoms with E-state index >= 15 is 0 Å². The van der Waals surface area contributed by atoms with Gasteiger partial charge in [-0.15, -0.1) is 0 Å². The SMILES string of the molecule is C=C(C)COc1ccccc1CC(C)N. The molecular formula is C13H19NO. The standard InChI is InChI=1S/C13H19NO/c1-10(2)9-15-13-7-5-4-6-12(13)8-11(3)14/h4-7,11H,1,8-9,14H2,2-3H3. The molecule has 1 aromatic rings. The molecule has 1 atom stereocenters. The first-order valence-electron chi connectivity index (χ1n) is 5.20. The van der Waals surface area contributed by atoms with Crippen molar-refractivity contribution in [1.29, 1.82) is 0 Å². The first kappa shape index (κ1) is 11.8. The van der Waals surface area contributed by atoms with Gasteiger partial charge in [0.1, 0.15) is 12.4 Å². The van der Waals surface area contributed by atoms with Gasteiger partial charge >= 0.3 is 0 Å². The molecule has 0 bridgehead atoms. The lowest BCUT2D eigenvalue weighted by atomic mass is 10.1. The second kappa shape index (κ2) is 5.56. The average Bonchev–Trinajstić information content (AvgIpc) is 2.15. The highest BCUT2D eigenvalue weighted by Crippen LogP contribution is 2.19. The van der Waals surface area contributed by atoms with E-state index in [-0.39, 0.29) is 6.04 Å². The first-order chi connectivity index (χ1) is 7.09. The van der Waals surface area contributed by atoms with Crippen LogP contribution in [0.15, 0.2) is 36.4 Å². The minimum atomic E-state index is 0.152. The van der Waals surface area contributed by atoms with Gasteiger partial charge in [-0.3, -0.25) is 0 Å². The van der Waals surface area contributed by atoms with Gasteiger partial charge in [0.25, 0.3) is 0 Å². The lowest BCUT2D eigenvalue weighted by molar-refractivity contribution is 0.348. The Morgan fingerprint density at radius 2 is 2.13 bits per heavy atom. The summed E-state index contributed by atoms with van der Waals surface area (Å²) < 4.78 is 5.64. The summed E-state index contributed by atoms with van der Waals surface area (Å²) in [7, 11) is 0. The Labute approximate surface area is 91.7 Å². The van der Waals surface area contributed by atoms with E-state index in [0.29, 0.717) is 6.61 Å². The van der Waals surface area contributed by atoms with Crippen LogP contribution < -0.4 is 10.5 Å². The second-order valence-corrected chi connectivity index (χ2v) is 4.03. The van der Waals surface area contributed by atoms with Gasteiger partial charge in [0, 0.05) is 6.04 Å². The molecule has 1 aromatic carbocycles. The monoisotopic (exact) mass is 205 g/mol. The Morgan fingerprint density at radius 3 is 2.73 bits per heavy atom. The second-order valence-electron chi connectivity index (χ2n) is 4.03. The van der Waals surface area contributed by atoms with Crippen molar-refractivity contribution < 1.29 is 4.74 Å². The predicted molar refractivity (Wildman–Crippen MR) is 64.1 cm³/mol. The van der Waals surface area contributed by atoms with E-state index in [4.69, 9.17) is 10.5 Å². The van der Waals surface area contributed by atoms with Gasteiger partial charge in [-0.25, -0.2) is 0 Å². The molecule has 2 heteroatoms. The zero-order valence-corrected chi connectivity index (χ0v) is 9.49. The summed E-state index contributed by atoms with van der Waals surface area (Å²) in [5, 5.41) is 0. The van der Waals surface area contributed by atoms with Crippen molar-refractivity contribution in [3.8, 4) is 5.75 Å². The lowest BCUT2D eigenvalue weighted by Crippen LogP contribution is -2.18. The average molecular weight is 205 g/mol. The molecule has 0 spiro atoms. The fraction of sp³-hybridized carbons (Fsp3) is 0.385. The highest BCUT2D eigenvalue weighted by Gasteiger charge is 2.04. The normalized spacial score (nSPS) is 12.2. The minimum absolute atomic E-state index is 0.152. The molecule has 1 unspecified atom stereocenters. The summed E-state index contributed by atoms with van der Waals surface area (Å²) in [5.74, 6) is 0.915. The third-order valence-corrected chi connectivity index (χ3v) is 1.99. The molecule has 15 heavy (non-hydrogen) atoms. The molecule has 1 rings (SSSR count). The number of ether oxygens (including phenoxy) is 1. The first-order valence-corrected chi connectivity index (χ1v) is 5.20. The molecular weight excluding hydrogens is 186 g/mol. The Bertz CT molecular complexity index is 331. The smallest absolute Gasteiger partial charge is 0.123 e. The molecule has 0 fully saturated rings. The fourth-order valence-corrected chi connectivity index (χ4v) is 1.36. The summed E-state index contributed by atoms with van der Waals surface area (Å²) in [4.78, 5) is 0. The summed E-state index contributed by atoms with van der Waals surface area (Å²) in [6.45, 7) is 8.32. The van der Waals surface area contributed by atoms with E-state index in [0.717, 1.165) is 23.3 Å². The lowest BCUT2D eigenvalue weighted by Gasteiger charge is -2.12. The van der Waals surface area contributed by atoms with Crippen LogP contribution in [-0.4, -0.2) is 12.6 Å². The molecule has 0 aliphatic carbocycles. The van der Waals surface area contributed by atoms with E-state index in [1.807, 2.05) is 32.0 Å². The molecule has 0 saturated heterocycles. The van der Waals surface area contributed by atoms with Gasteiger partial charge in [-0.1, -0.05) is 24.8 Å². The van der Waals surface area contributed by atoms with Crippen LogP contribution in [0.5, 0.6) is 5.75 Å². The van der Waals surface area contributed by atoms with Gasteiger partial charge in [0.15, 0.2) is 0 Å². The van der Waals surface area contributed by atoms with Crippen LogP contribution in [0.4, 0.5) is 0 Å². The number of hydrogen-bond acceptors (Lipinski definition) is 2. The van der Waals surface area contributed by atoms with Crippen LogP contribution in [0, 0.1) is 0 Å². The maximum atomic E-state index is 5.78. The summed E-state index contributed by atoms with van der Waals surface area (Å²) in [6.07, 6.45) is 0.840. The largest absolute Gasteiger partial charge is 0.489 e. The Balaban J connectivity index is 2.72. The van der Waals surface area contributed by atoms with Crippen molar-refractivity contribution in [3.05, 3.63) is 42.0 Å². The number of nitrogens with two attached hydrogens (primary N) is 1. The van der Waals surface area contributed by atoms with Gasteiger partial charge < -0.3 is 10.5 Å². The van der Waals surface area contributed by atoms with E-state index in [9.17, 15) is 0 Å². The van der Waals surface area contributed by atoms with E-state index in [2.05, 4.69) is 12.6 Å². The highest BCUT2D eigenvalue weighted by atomic mass is 16.5. The van der Waals surface area contributed by atoms with E-state index < -0.39 is 0 Å². The summed E-state index contributed by atoms with van der Waals surface area (Å²) >= 11 is 0. The van der Waals surface area contributed by atoms with Crippen LogP contribution >= 0.6 is 0 Å². The number of hydrogen-bond donors (Lipinski definition) is 1. The molecule has 0 aliphatic rings. The molecule has 0 aromatic heterocycles. The molecule has 0 saturated carbocycles. The summed E-state index contributed by atoms with van der Waals surface area (Å²) in [6, 6.07) is 8.15. The molecule has 0 heterocycles. The molecule has 0 amide bonds. The van der Waals surface area contributed by atoms with Gasteiger partial charge in [0.05, 0.1) is 0 Å². The predicted octanol–water partition coefficient (Wildman–Crippen LogP) is 2.53. The third-order valence-electron chi connectivity index (χ3n) is 1.99. The molecule has 82 valence electrons. The number of rotatable bonds is 5. The topological polar surface area (TPSA) is 35.2 Å². The number of para-hydroxylation sites is 1. The minimum Gasteiger partial charge on any atom is -0.489 e. The number of benzene rings is 1. The zero-order chi connectivity index (χ0) is 11.3. The summed E-state index contributed by atoms with van der Waals surface area (Å²) in [5.41, 5.74) is 7.96. The van der Waals surface area contributed by atoms with Gasteiger partial charge in [-0.05, 0) is 37.5 Å². The molecule has 2 nitrogen and oxygen atoms in total. The Hall–Kier alpha value is -1.28. The van der Waals surface area contributed by atoms with Crippen LogP contribution in [0.2, 0.25) is 0 Å². The highest BCUT2D eigenvalue weighted by molar-refractivity contribution is 5.34. The van der Waals surface area contributed by atoms with E-state index in [1.54, 1.807) is 0 Å². The van der Waals surface area contributed by atoms with E-state index in [1.165, 1.54) is 0 Å². The van der Waals surface area contributed by atoms with Gasteiger partial charge in [-0.2, -0.15) is 0 Å². The van der Waals surface area contributed by atoms with Crippen molar-refractivity contribution in [2.45, 2.75) is 26.3 Å². The van der Waals surface area contributed by atoms with Crippen molar-refractivity contribution in [1.82, 2.24) is 0 Å². The maximum Gasteiger partial charge on any atom is 0.123 e. The van der Waals surface area contributed by atoms with Gasteiger partial charge in [0.2, 0.25) is 0 Å². The molecule has 0 aliphatic heterocycles. The Kier molecular flexibility index (Phi) is 4.37. The fourth-order valence-electron chi connectivity index (χ4n) is 1.36.